The minimum atomic E-state index is -0.207. The molecule has 33 heavy (non-hydrogen) atoms. The van der Waals surface area contributed by atoms with E-state index in [1.54, 1.807) is 29.2 Å². The summed E-state index contributed by atoms with van der Waals surface area (Å²) in [6, 6.07) is 10.8. The molecule has 1 aromatic heterocycles. The van der Waals surface area contributed by atoms with E-state index in [9.17, 15) is 14.4 Å². The maximum Gasteiger partial charge on any atom is 0.260 e. The zero-order valence-corrected chi connectivity index (χ0v) is 20.8. The van der Waals surface area contributed by atoms with Gasteiger partial charge in [0.2, 0.25) is 11.8 Å². The number of fused-ring (bicyclic) bond motifs is 1. The van der Waals surface area contributed by atoms with Crippen LogP contribution in [0.3, 0.4) is 0 Å². The van der Waals surface area contributed by atoms with Gasteiger partial charge in [-0.25, -0.2) is 4.98 Å². The summed E-state index contributed by atoms with van der Waals surface area (Å²) in [5.41, 5.74) is 4.16. The average molecular weight is 487 g/mol. The minimum absolute atomic E-state index is 0. The highest BCUT2D eigenvalue weighted by Crippen LogP contribution is 2.33. The van der Waals surface area contributed by atoms with Crippen molar-refractivity contribution in [3.05, 3.63) is 53.1 Å². The lowest BCUT2D eigenvalue weighted by Crippen LogP contribution is -2.36. The van der Waals surface area contributed by atoms with Crippen LogP contribution in [0.4, 0.5) is 10.8 Å². The number of carbonyl (C=O) groups is 3. The van der Waals surface area contributed by atoms with Gasteiger partial charge in [0.05, 0.1) is 15.9 Å². The summed E-state index contributed by atoms with van der Waals surface area (Å²) in [5.74, 6) is -0.574. The van der Waals surface area contributed by atoms with E-state index in [1.807, 2.05) is 32.0 Å². The fourth-order valence-corrected chi connectivity index (χ4v) is 4.88. The van der Waals surface area contributed by atoms with E-state index in [0.717, 1.165) is 21.3 Å². The first kappa shape index (κ1) is 24.8. The standard InChI is InChI=1S/C24H26N4O3S.ClH/c1-15-13-16(2)22-19(14-15)25-24(32-22)27(12-11-26(3)4)23(31)17-5-7-18(8-6-17)28-20(29)9-10-21(28)30;/h5-8,13-14H,9-12H2,1-4H3;1H. The van der Waals surface area contributed by atoms with E-state index in [2.05, 4.69) is 13.0 Å². The first-order valence-electron chi connectivity index (χ1n) is 10.5. The molecule has 0 saturated carbocycles. The molecule has 1 aliphatic heterocycles. The summed E-state index contributed by atoms with van der Waals surface area (Å²) in [6.07, 6.45) is 0.461. The molecule has 0 aliphatic carbocycles. The van der Waals surface area contributed by atoms with Crippen LogP contribution in [-0.2, 0) is 9.59 Å². The van der Waals surface area contributed by atoms with Crippen LogP contribution >= 0.6 is 23.7 Å². The number of rotatable bonds is 6. The molecular formula is C24H27ClN4O3S. The van der Waals surface area contributed by atoms with E-state index in [1.165, 1.54) is 16.2 Å². The zero-order valence-electron chi connectivity index (χ0n) is 19.1. The van der Waals surface area contributed by atoms with E-state index in [-0.39, 0.29) is 43.0 Å². The van der Waals surface area contributed by atoms with E-state index in [4.69, 9.17) is 4.98 Å². The van der Waals surface area contributed by atoms with Crippen molar-refractivity contribution < 1.29 is 14.4 Å². The molecule has 0 spiro atoms. The number of benzene rings is 2. The maximum atomic E-state index is 13.5. The molecule has 9 heteroatoms. The number of aromatic nitrogens is 1. The number of imide groups is 1. The highest BCUT2D eigenvalue weighted by Gasteiger charge is 2.30. The van der Waals surface area contributed by atoms with Crippen LogP contribution in [0.25, 0.3) is 10.2 Å². The quantitative estimate of drug-likeness (QED) is 0.488. The second-order valence-corrected chi connectivity index (χ2v) is 9.33. The van der Waals surface area contributed by atoms with Gasteiger partial charge in [-0.2, -0.15) is 0 Å². The van der Waals surface area contributed by atoms with Gasteiger partial charge in [0.25, 0.3) is 5.91 Å². The molecule has 1 saturated heterocycles. The van der Waals surface area contributed by atoms with Crippen LogP contribution in [0.15, 0.2) is 36.4 Å². The molecule has 3 aromatic rings. The summed E-state index contributed by atoms with van der Waals surface area (Å²) in [5, 5.41) is 0.662. The monoisotopic (exact) mass is 486 g/mol. The second-order valence-electron chi connectivity index (χ2n) is 8.36. The fourth-order valence-electron chi connectivity index (χ4n) is 3.84. The summed E-state index contributed by atoms with van der Waals surface area (Å²) in [7, 11) is 3.93. The van der Waals surface area contributed by atoms with Gasteiger partial charge < -0.3 is 4.90 Å². The highest BCUT2D eigenvalue weighted by molar-refractivity contribution is 7.22. The van der Waals surface area contributed by atoms with Crippen molar-refractivity contribution in [3.8, 4) is 0 Å². The molecule has 0 bridgehead atoms. The first-order chi connectivity index (χ1) is 15.2. The summed E-state index contributed by atoms with van der Waals surface area (Å²) in [6.45, 7) is 5.28. The average Bonchev–Trinajstić information content (AvgIpc) is 3.31. The van der Waals surface area contributed by atoms with Crippen LogP contribution in [0, 0.1) is 13.8 Å². The Kier molecular flexibility index (Phi) is 7.51. The normalized spacial score (nSPS) is 13.7. The number of thiazole rings is 1. The number of carbonyl (C=O) groups excluding carboxylic acids is 3. The number of likely N-dealkylation sites (N-methyl/N-ethyl adjacent to an activating group) is 1. The van der Waals surface area contributed by atoms with Gasteiger partial charge in [0.15, 0.2) is 5.13 Å². The third kappa shape index (κ3) is 5.08. The number of halogens is 1. The lowest BCUT2D eigenvalue weighted by Gasteiger charge is -2.22. The zero-order chi connectivity index (χ0) is 23.0. The molecule has 2 heterocycles. The predicted octanol–water partition coefficient (Wildman–Crippen LogP) is 4.20. The van der Waals surface area contributed by atoms with Crippen LogP contribution in [0.1, 0.15) is 34.3 Å². The third-order valence-corrected chi connectivity index (χ3v) is 6.71. The van der Waals surface area contributed by atoms with E-state index in [0.29, 0.717) is 29.5 Å². The molecular weight excluding hydrogens is 460 g/mol. The topological polar surface area (TPSA) is 73.8 Å². The van der Waals surface area contributed by atoms with Crippen LogP contribution in [-0.4, -0.2) is 54.8 Å². The Morgan fingerprint density at radius 1 is 1.03 bits per heavy atom. The van der Waals surface area contributed by atoms with Gasteiger partial charge in [0, 0.05) is 31.5 Å². The smallest absolute Gasteiger partial charge is 0.260 e. The molecule has 174 valence electrons. The van der Waals surface area contributed by atoms with Crippen LogP contribution in [0.2, 0.25) is 0 Å². The Balaban J connectivity index is 0.00000306. The SMILES string of the molecule is Cc1cc(C)c2sc(N(CCN(C)C)C(=O)c3ccc(N4C(=O)CCC4=O)cc3)nc2c1.Cl. The number of amides is 3. The predicted molar refractivity (Wildman–Crippen MR) is 135 cm³/mol. The number of nitrogens with zero attached hydrogens (tertiary/aromatic N) is 4. The van der Waals surface area contributed by atoms with Crippen molar-refractivity contribution in [3.63, 3.8) is 0 Å². The van der Waals surface area contributed by atoms with Gasteiger partial charge in [-0.05, 0) is 69.4 Å². The Bertz CT molecular complexity index is 1190. The summed E-state index contributed by atoms with van der Waals surface area (Å²) >= 11 is 1.52. The van der Waals surface area contributed by atoms with Crippen LogP contribution in [0.5, 0.6) is 0 Å². The fraction of sp³-hybridized carbons (Fsp3) is 0.333. The lowest BCUT2D eigenvalue weighted by molar-refractivity contribution is -0.121. The Morgan fingerprint density at radius 3 is 2.27 bits per heavy atom. The number of hydrogen-bond acceptors (Lipinski definition) is 6. The maximum absolute atomic E-state index is 13.5. The van der Waals surface area contributed by atoms with Crippen LogP contribution < -0.4 is 9.80 Å². The molecule has 0 atom stereocenters. The van der Waals surface area contributed by atoms with E-state index >= 15 is 0 Å². The molecule has 2 aromatic carbocycles. The van der Waals surface area contributed by atoms with Crippen molar-refractivity contribution in [1.29, 1.82) is 0 Å². The van der Waals surface area contributed by atoms with Gasteiger partial charge >= 0.3 is 0 Å². The molecule has 0 N–H and O–H groups in total. The van der Waals surface area contributed by atoms with E-state index < -0.39 is 0 Å². The van der Waals surface area contributed by atoms with Crippen molar-refractivity contribution >= 4 is 62.5 Å². The highest BCUT2D eigenvalue weighted by atomic mass is 35.5. The number of aryl methyl sites for hydroxylation is 2. The molecule has 3 amide bonds. The van der Waals surface area contributed by atoms with Crippen molar-refractivity contribution in [2.45, 2.75) is 26.7 Å². The van der Waals surface area contributed by atoms with Gasteiger partial charge in [-0.15, -0.1) is 12.4 Å². The number of anilines is 2. The first-order valence-corrected chi connectivity index (χ1v) is 11.4. The minimum Gasteiger partial charge on any atom is -0.308 e. The Hall–Kier alpha value is -2.81. The van der Waals surface area contributed by atoms with Crippen molar-refractivity contribution in [2.75, 3.05) is 37.0 Å². The van der Waals surface area contributed by atoms with Gasteiger partial charge in [0.1, 0.15) is 0 Å². The molecule has 0 radical (unpaired) electrons. The molecule has 1 fully saturated rings. The molecule has 1 aliphatic rings. The second kappa shape index (κ2) is 9.99. The van der Waals surface area contributed by atoms with Crippen molar-refractivity contribution in [2.24, 2.45) is 0 Å². The number of hydrogen-bond donors (Lipinski definition) is 0. The van der Waals surface area contributed by atoms with Crippen molar-refractivity contribution in [1.82, 2.24) is 9.88 Å². The molecule has 7 nitrogen and oxygen atoms in total. The Morgan fingerprint density at radius 2 is 1.67 bits per heavy atom. The summed E-state index contributed by atoms with van der Waals surface area (Å²) in [4.78, 5) is 47.2. The Labute approximate surface area is 203 Å². The van der Waals surface area contributed by atoms with Gasteiger partial charge in [-0.3, -0.25) is 24.2 Å². The molecule has 4 rings (SSSR count). The largest absolute Gasteiger partial charge is 0.308 e. The molecule has 0 unspecified atom stereocenters. The third-order valence-electron chi connectivity index (χ3n) is 5.48. The van der Waals surface area contributed by atoms with Gasteiger partial charge in [-0.1, -0.05) is 17.4 Å². The lowest BCUT2D eigenvalue weighted by atomic mass is 10.1. The summed E-state index contributed by atoms with van der Waals surface area (Å²) < 4.78 is 1.08.